The van der Waals surface area contributed by atoms with Crippen LogP contribution in [0.25, 0.3) is 0 Å². The Kier molecular flexibility index (Phi) is 19.1. The van der Waals surface area contributed by atoms with Crippen molar-refractivity contribution < 1.29 is 14.6 Å². The quantitative estimate of drug-likeness (QED) is 0.857. The smallest absolute Gasteiger partial charge is 0.305 e. The van der Waals surface area contributed by atoms with Gasteiger partial charge in [0.25, 0.3) is 0 Å². The fourth-order valence-electron chi connectivity index (χ4n) is 1.57. The first-order chi connectivity index (χ1) is 8.87. The molecule has 1 heterocycles. The van der Waals surface area contributed by atoms with Gasteiger partial charge in [-0.25, -0.2) is 0 Å². The summed E-state index contributed by atoms with van der Waals surface area (Å²) in [5, 5.41) is 7.96. The summed E-state index contributed by atoms with van der Waals surface area (Å²) in [5.41, 5.74) is 0.592. The van der Waals surface area contributed by atoms with E-state index in [0.29, 0.717) is 12.0 Å². The number of likely N-dealkylation sites (tertiary alicyclic amines) is 1. The van der Waals surface area contributed by atoms with Crippen LogP contribution < -0.4 is 0 Å². The zero-order valence-electron chi connectivity index (χ0n) is 14.2. The first kappa shape index (κ1) is 23.5. The maximum atomic E-state index is 9.68. The lowest BCUT2D eigenvalue weighted by atomic mass is 9.93. The van der Waals surface area contributed by atoms with Crippen molar-refractivity contribution in [2.75, 3.05) is 33.9 Å². The summed E-state index contributed by atoms with van der Waals surface area (Å²) in [4.78, 5) is 12.1. The van der Waals surface area contributed by atoms with Crippen LogP contribution in [0.15, 0.2) is 0 Å². The average Bonchev–Trinajstić information content (AvgIpc) is 2.70. The summed E-state index contributed by atoms with van der Waals surface area (Å²) in [5.74, 6) is -0.818. The molecule has 4 nitrogen and oxygen atoms in total. The first-order valence-corrected chi connectivity index (χ1v) is 7.26. The molecule has 0 spiro atoms. The number of carboxylic acids is 1. The van der Waals surface area contributed by atoms with Gasteiger partial charge in [-0.05, 0) is 25.4 Å². The molecule has 0 aromatic rings. The number of ether oxygens (including phenoxy) is 1. The summed E-state index contributed by atoms with van der Waals surface area (Å²) in [6, 6.07) is 0. The topological polar surface area (TPSA) is 49.8 Å². The average molecular weight is 277 g/mol. The lowest BCUT2D eigenvalue weighted by Crippen LogP contribution is -2.18. The third-order valence-corrected chi connectivity index (χ3v) is 2.39. The Morgan fingerprint density at radius 2 is 1.74 bits per heavy atom. The van der Waals surface area contributed by atoms with Crippen molar-refractivity contribution in [1.82, 2.24) is 4.90 Å². The van der Waals surface area contributed by atoms with E-state index in [1.165, 1.54) is 26.6 Å². The molecule has 0 aliphatic carbocycles. The molecule has 0 aromatic heterocycles. The number of rotatable bonds is 3. The number of carboxylic acid groups (broad SMARTS) is 1. The van der Waals surface area contributed by atoms with E-state index in [1.807, 2.05) is 27.7 Å². The maximum Gasteiger partial charge on any atom is 0.305 e. The maximum absolute atomic E-state index is 9.68. The Hall–Kier alpha value is -0.610. The molecule has 0 saturated carbocycles. The molecule has 4 heteroatoms. The van der Waals surface area contributed by atoms with Crippen molar-refractivity contribution in [2.24, 2.45) is 5.41 Å². The number of hydrogen-bond donors (Lipinski definition) is 1. The molecule has 1 rings (SSSR count). The van der Waals surface area contributed by atoms with Crippen LogP contribution in [-0.2, 0) is 9.53 Å². The highest BCUT2D eigenvalue weighted by atomic mass is 16.5. The van der Waals surface area contributed by atoms with E-state index in [1.54, 1.807) is 0 Å². The van der Waals surface area contributed by atoms with E-state index in [-0.39, 0.29) is 6.42 Å². The van der Waals surface area contributed by atoms with E-state index in [2.05, 4.69) is 30.5 Å². The Morgan fingerprint density at radius 3 is 1.84 bits per heavy atom. The molecule has 1 fully saturated rings. The molecule has 0 radical (unpaired) electrons. The third kappa shape index (κ3) is 19.9. The van der Waals surface area contributed by atoms with Gasteiger partial charge in [-0.2, -0.15) is 0 Å². The second-order valence-electron chi connectivity index (χ2n) is 4.79. The molecule has 1 N–H and O–H groups in total. The van der Waals surface area contributed by atoms with Gasteiger partial charge in [0.05, 0.1) is 13.0 Å². The van der Waals surface area contributed by atoms with Crippen molar-refractivity contribution in [3.8, 4) is 0 Å². The molecule has 0 unspecified atom stereocenters. The molecular weight excluding hydrogens is 242 g/mol. The number of methoxy groups -OCH3 is 1. The molecule has 1 aliphatic rings. The SMILES string of the molecule is CC.CC.CN1CCC(C)(C)C1.COCCC(=O)O. The summed E-state index contributed by atoms with van der Waals surface area (Å²) >= 11 is 0. The van der Waals surface area contributed by atoms with E-state index in [9.17, 15) is 4.79 Å². The van der Waals surface area contributed by atoms with Crippen LogP contribution in [0, 0.1) is 5.41 Å². The molecule has 0 aromatic carbocycles. The van der Waals surface area contributed by atoms with Gasteiger partial charge in [0, 0.05) is 13.7 Å². The first-order valence-electron chi connectivity index (χ1n) is 7.26. The summed E-state index contributed by atoms with van der Waals surface area (Å²) in [7, 11) is 3.66. The van der Waals surface area contributed by atoms with Crippen LogP contribution in [0.5, 0.6) is 0 Å². The minimum absolute atomic E-state index is 0.0938. The van der Waals surface area contributed by atoms with Crippen LogP contribution in [0.3, 0.4) is 0 Å². The van der Waals surface area contributed by atoms with E-state index < -0.39 is 5.97 Å². The van der Waals surface area contributed by atoms with Gasteiger partial charge in [-0.15, -0.1) is 0 Å². The molecule has 1 saturated heterocycles. The zero-order valence-corrected chi connectivity index (χ0v) is 14.2. The van der Waals surface area contributed by atoms with Gasteiger partial charge in [0.15, 0.2) is 0 Å². The van der Waals surface area contributed by atoms with Crippen LogP contribution in [0.2, 0.25) is 0 Å². The van der Waals surface area contributed by atoms with Gasteiger partial charge in [0.1, 0.15) is 0 Å². The third-order valence-electron chi connectivity index (χ3n) is 2.39. The lowest BCUT2D eigenvalue weighted by molar-refractivity contribution is -0.137. The number of aliphatic carboxylic acids is 1. The fraction of sp³-hybridized carbons (Fsp3) is 0.933. The van der Waals surface area contributed by atoms with Crippen molar-refractivity contribution in [1.29, 1.82) is 0 Å². The van der Waals surface area contributed by atoms with Gasteiger partial charge >= 0.3 is 5.97 Å². The van der Waals surface area contributed by atoms with Crippen LogP contribution in [0.4, 0.5) is 0 Å². The van der Waals surface area contributed by atoms with Gasteiger partial charge in [-0.1, -0.05) is 41.5 Å². The van der Waals surface area contributed by atoms with E-state index in [0.717, 1.165) is 0 Å². The van der Waals surface area contributed by atoms with Crippen LogP contribution in [-0.4, -0.2) is 49.8 Å². The predicted octanol–water partition coefficient (Wildman–Crippen LogP) is 3.51. The minimum Gasteiger partial charge on any atom is -0.481 e. The minimum atomic E-state index is -0.818. The molecule has 0 atom stereocenters. The number of nitrogens with zero attached hydrogens (tertiary/aromatic N) is 1. The van der Waals surface area contributed by atoms with E-state index >= 15 is 0 Å². The largest absolute Gasteiger partial charge is 0.481 e. The molecule has 1 aliphatic heterocycles. The van der Waals surface area contributed by atoms with Crippen LogP contribution in [0.1, 0.15) is 54.4 Å². The Balaban J connectivity index is -0.000000215. The second kappa shape index (κ2) is 15.4. The van der Waals surface area contributed by atoms with Gasteiger partial charge in [-0.3, -0.25) is 4.79 Å². The highest BCUT2D eigenvalue weighted by Gasteiger charge is 2.26. The highest BCUT2D eigenvalue weighted by molar-refractivity contribution is 5.66. The Morgan fingerprint density at radius 1 is 1.26 bits per heavy atom. The fourth-order valence-corrected chi connectivity index (χ4v) is 1.57. The highest BCUT2D eigenvalue weighted by Crippen LogP contribution is 2.26. The van der Waals surface area contributed by atoms with E-state index in [4.69, 9.17) is 5.11 Å². The predicted molar refractivity (Wildman–Crippen MR) is 82.7 cm³/mol. The van der Waals surface area contributed by atoms with Crippen molar-refractivity contribution in [2.45, 2.75) is 54.4 Å². The van der Waals surface area contributed by atoms with Crippen molar-refractivity contribution in [3.63, 3.8) is 0 Å². The monoisotopic (exact) mass is 277 g/mol. The van der Waals surface area contributed by atoms with Crippen molar-refractivity contribution >= 4 is 5.97 Å². The van der Waals surface area contributed by atoms with Crippen LogP contribution >= 0.6 is 0 Å². The number of carbonyl (C=O) groups is 1. The standard InChI is InChI=1S/C7H15N.C4H8O3.2C2H6/c1-7(2)4-5-8(3)6-7;1-7-3-2-4(5)6;2*1-2/h4-6H2,1-3H3;2-3H2,1H3,(H,5,6);2*1-2H3. The summed E-state index contributed by atoms with van der Waals surface area (Å²) in [6.07, 6.45) is 1.46. The zero-order chi connectivity index (χ0) is 15.9. The molecule has 0 amide bonds. The molecule has 118 valence electrons. The summed E-state index contributed by atoms with van der Waals surface area (Å²) < 4.78 is 4.47. The van der Waals surface area contributed by atoms with Gasteiger partial charge in [0.2, 0.25) is 0 Å². The van der Waals surface area contributed by atoms with Crippen molar-refractivity contribution in [3.05, 3.63) is 0 Å². The Labute approximate surface area is 120 Å². The number of hydrogen-bond acceptors (Lipinski definition) is 3. The molecular formula is C15H35NO3. The lowest BCUT2D eigenvalue weighted by Gasteiger charge is -2.15. The summed E-state index contributed by atoms with van der Waals surface area (Å²) in [6.45, 7) is 15.5. The Bertz CT molecular complexity index is 194. The normalized spacial score (nSPS) is 16.0. The molecule has 19 heavy (non-hydrogen) atoms. The second-order valence-corrected chi connectivity index (χ2v) is 4.79. The van der Waals surface area contributed by atoms with Gasteiger partial charge < -0.3 is 14.7 Å². The molecule has 0 bridgehead atoms.